The van der Waals surface area contributed by atoms with Gasteiger partial charge in [0.2, 0.25) is 5.15 Å². The molecule has 0 saturated heterocycles. The Morgan fingerprint density at radius 2 is 1.95 bits per heavy atom. The number of amides is 1. The number of pyridine rings is 2. The van der Waals surface area contributed by atoms with Gasteiger partial charge in [0, 0.05) is 17.4 Å². The van der Waals surface area contributed by atoms with Gasteiger partial charge in [0.05, 0.1) is 4.92 Å². The third-order valence-electron chi connectivity index (χ3n) is 2.27. The molecule has 20 heavy (non-hydrogen) atoms. The Labute approximate surface area is 122 Å². The SMILES string of the molecule is O=C(Nc1cc(Cl)ccn1)c1ccnc(Cl)c1[N+](=O)[O-]. The number of halogens is 2. The topological polar surface area (TPSA) is 98.0 Å². The van der Waals surface area contributed by atoms with Crippen LogP contribution in [-0.4, -0.2) is 20.8 Å². The summed E-state index contributed by atoms with van der Waals surface area (Å²) in [5.41, 5.74) is -0.773. The highest BCUT2D eigenvalue weighted by Gasteiger charge is 2.25. The average Bonchev–Trinajstić information content (AvgIpc) is 2.37. The lowest BCUT2D eigenvalue weighted by molar-refractivity contribution is -0.385. The monoisotopic (exact) mass is 312 g/mol. The van der Waals surface area contributed by atoms with Crippen LogP contribution < -0.4 is 5.32 Å². The first-order valence-electron chi connectivity index (χ1n) is 5.21. The second-order valence-corrected chi connectivity index (χ2v) is 4.36. The van der Waals surface area contributed by atoms with Crippen LogP contribution in [0, 0.1) is 10.1 Å². The summed E-state index contributed by atoms with van der Waals surface area (Å²) >= 11 is 11.4. The number of hydrogen-bond acceptors (Lipinski definition) is 5. The van der Waals surface area contributed by atoms with E-state index in [2.05, 4.69) is 15.3 Å². The molecular weight excluding hydrogens is 307 g/mol. The molecule has 2 heterocycles. The van der Waals surface area contributed by atoms with Crippen molar-refractivity contribution in [2.24, 2.45) is 0 Å². The van der Waals surface area contributed by atoms with E-state index >= 15 is 0 Å². The first kappa shape index (κ1) is 14.2. The summed E-state index contributed by atoms with van der Waals surface area (Å²) in [5, 5.41) is 13.3. The first-order valence-corrected chi connectivity index (χ1v) is 5.96. The molecule has 102 valence electrons. The van der Waals surface area contributed by atoms with Crippen LogP contribution >= 0.6 is 23.2 Å². The normalized spacial score (nSPS) is 10.1. The zero-order valence-corrected chi connectivity index (χ0v) is 11.2. The van der Waals surface area contributed by atoms with Crippen molar-refractivity contribution in [3.05, 3.63) is 56.4 Å². The number of aromatic nitrogens is 2. The molecule has 2 rings (SSSR count). The molecule has 0 fully saturated rings. The van der Waals surface area contributed by atoms with Crippen LogP contribution in [0.4, 0.5) is 11.5 Å². The highest BCUT2D eigenvalue weighted by atomic mass is 35.5. The van der Waals surface area contributed by atoms with Gasteiger partial charge < -0.3 is 5.32 Å². The summed E-state index contributed by atoms with van der Waals surface area (Å²) in [6, 6.07) is 4.14. The predicted octanol–water partition coefficient (Wildman–Crippen LogP) is 2.94. The van der Waals surface area contributed by atoms with E-state index < -0.39 is 16.5 Å². The standard InChI is InChI=1S/C11H6Cl2N4O3/c12-6-1-3-14-8(5-6)16-11(18)7-2-4-15-10(13)9(7)17(19)20/h1-5H,(H,14,16,18). The van der Waals surface area contributed by atoms with Crippen molar-refractivity contribution >= 4 is 40.6 Å². The van der Waals surface area contributed by atoms with Crippen LogP contribution in [0.1, 0.15) is 10.4 Å². The summed E-state index contributed by atoms with van der Waals surface area (Å²) in [7, 11) is 0. The minimum Gasteiger partial charge on any atom is -0.306 e. The van der Waals surface area contributed by atoms with Crippen LogP contribution in [0.3, 0.4) is 0 Å². The zero-order chi connectivity index (χ0) is 14.7. The highest BCUT2D eigenvalue weighted by molar-refractivity contribution is 6.32. The number of hydrogen-bond donors (Lipinski definition) is 1. The van der Waals surface area contributed by atoms with E-state index in [1.165, 1.54) is 30.6 Å². The maximum atomic E-state index is 12.0. The molecule has 1 N–H and O–H groups in total. The van der Waals surface area contributed by atoms with Crippen molar-refractivity contribution in [2.45, 2.75) is 0 Å². The molecule has 0 aromatic carbocycles. The zero-order valence-electron chi connectivity index (χ0n) is 9.71. The van der Waals surface area contributed by atoms with Gasteiger partial charge >= 0.3 is 5.69 Å². The molecule has 1 amide bonds. The molecule has 7 nitrogen and oxygen atoms in total. The van der Waals surface area contributed by atoms with E-state index in [0.717, 1.165) is 0 Å². The number of nitrogens with zero attached hydrogens (tertiary/aromatic N) is 3. The van der Waals surface area contributed by atoms with Gasteiger partial charge in [-0.05, 0) is 18.2 Å². The maximum absolute atomic E-state index is 12.0. The smallest absolute Gasteiger partial charge is 0.306 e. The molecule has 9 heteroatoms. The van der Waals surface area contributed by atoms with E-state index in [0.29, 0.717) is 5.02 Å². The third kappa shape index (κ3) is 3.01. The maximum Gasteiger partial charge on any atom is 0.319 e. The molecule has 0 radical (unpaired) electrons. The molecule has 0 bridgehead atoms. The van der Waals surface area contributed by atoms with Crippen LogP contribution in [0.25, 0.3) is 0 Å². The number of carbonyl (C=O) groups excluding carboxylic acids is 1. The lowest BCUT2D eigenvalue weighted by Crippen LogP contribution is -2.15. The predicted molar refractivity (Wildman–Crippen MR) is 73.1 cm³/mol. The quantitative estimate of drug-likeness (QED) is 0.533. The number of anilines is 1. The second kappa shape index (κ2) is 5.81. The van der Waals surface area contributed by atoms with Crippen molar-refractivity contribution in [2.75, 3.05) is 5.32 Å². The number of carbonyl (C=O) groups is 1. The molecule has 0 spiro atoms. The van der Waals surface area contributed by atoms with Gasteiger partial charge in [0.1, 0.15) is 11.4 Å². The highest BCUT2D eigenvalue weighted by Crippen LogP contribution is 2.26. The Morgan fingerprint density at radius 3 is 2.60 bits per heavy atom. The van der Waals surface area contributed by atoms with Crippen LogP contribution in [-0.2, 0) is 0 Å². The van der Waals surface area contributed by atoms with Crippen molar-refractivity contribution in [1.82, 2.24) is 9.97 Å². The molecule has 2 aromatic heterocycles. The van der Waals surface area contributed by atoms with Gasteiger partial charge in [-0.2, -0.15) is 0 Å². The fourth-order valence-corrected chi connectivity index (χ4v) is 1.83. The summed E-state index contributed by atoms with van der Waals surface area (Å²) in [5.74, 6) is -0.555. The third-order valence-corrected chi connectivity index (χ3v) is 2.78. The van der Waals surface area contributed by atoms with Gasteiger partial charge in [0.15, 0.2) is 0 Å². The number of nitro groups is 1. The molecule has 0 unspecified atom stereocenters. The van der Waals surface area contributed by atoms with Crippen LogP contribution in [0.5, 0.6) is 0 Å². The Hall–Kier alpha value is -2.25. The van der Waals surface area contributed by atoms with Gasteiger partial charge in [-0.1, -0.05) is 23.2 Å². The van der Waals surface area contributed by atoms with Gasteiger partial charge in [-0.15, -0.1) is 0 Å². The van der Waals surface area contributed by atoms with Gasteiger partial charge in [0.25, 0.3) is 5.91 Å². The van der Waals surface area contributed by atoms with Crippen molar-refractivity contribution in [1.29, 1.82) is 0 Å². The minimum atomic E-state index is -0.768. The van der Waals surface area contributed by atoms with Gasteiger partial charge in [-0.25, -0.2) is 9.97 Å². The van der Waals surface area contributed by atoms with Crippen LogP contribution in [0.15, 0.2) is 30.6 Å². The second-order valence-electron chi connectivity index (χ2n) is 3.57. The molecule has 0 saturated carbocycles. The fourth-order valence-electron chi connectivity index (χ4n) is 1.44. The van der Waals surface area contributed by atoms with E-state index in [1.54, 1.807) is 0 Å². The molecular formula is C11H6Cl2N4O3. The summed E-state index contributed by atoms with van der Waals surface area (Å²) in [4.78, 5) is 29.6. The van der Waals surface area contributed by atoms with E-state index in [9.17, 15) is 14.9 Å². The van der Waals surface area contributed by atoms with Crippen molar-refractivity contribution < 1.29 is 9.72 Å². The largest absolute Gasteiger partial charge is 0.319 e. The molecule has 0 atom stereocenters. The van der Waals surface area contributed by atoms with E-state index in [4.69, 9.17) is 23.2 Å². The first-order chi connectivity index (χ1) is 9.49. The van der Waals surface area contributed by atoms with E-state index in [1.807, 2.05) is 0 Å². The van der Waals surface area contributed by atoms with Crippen molar-refractivity contribution in [3.63, 3.8) is 0 Å². The van der Waals surface area contributed by atoms with Crippen LogP contribution in [0.2, 0.25) is 10.2 Å². The molecule has 0 aliphatic carbocycles. The Morgan fingerprint density at radius 1 is 1.25 bits per heavy atom. The summed E-state index contributed by atoms with van der Waals surface area (Å²) < 4.78 is 0. The van der Waals surface area contributed by atoms with Gasteiger partial charge in [-0.3, -0.25) is 14.9 Å². The minimum absolute atomic E-state index is 0.171. The number of nitrogens with one attached hydrogen (secondary N) is 1. The molecule has 0 aliphatic rings. The lowest BCUT2D eigenvalue weighted by atomic mass is 10.2. The summed E-state index contributed by atoms with van der Waals surface area (Å²) in [6.07, 6.45) is 2.60. The Bertz CT molecular complexity index is 693. The molecule has 0 aliphatic heterocycles. The fraction of sp³-hybridized carbons (Fsp3) is 0. The van der Waals surface area contributed by atoms with Crippen molar-refractivity contribution in [3.8, 4) is 0 Å². The average molecular weight is 313 g/mol. The number of rotatable bonds is 3. The Kier molecular flexibility index (Phi) is 4.11. The Balaban J connectivity index is 2.35. The summed E-state index contributed by atoms with van der Waals surface area (Å²) in [6.45, 7) is 0. The van der Waals surface area contributed by atoms with E-state index in [-0.39, 0.29) is 16.5 Å². The molecule has 2 aromatic rings. The lowest BCUT2D eigenvalue weighted by Gasteiger charge is -2.05.